The van der Waals surface area contributed by atoms with Crippen molar-refractivity contribution in [2.45, 2.75) is 61.9 Å². The van der Waals surface area contributed by atoms with Crippen LogP contribution in [-0.4, -0.2) is 18.1 Å². The van der Waals surface area contributed by atoms with Crippen molar-refractivity contribution in [1.82, 2.24) is 10.6 Å². The first-order valence-electron chi connectivity index (χ1n) is 9.00. The van der Waals surface area contributed by atoms with Gasteiger partial charge in [0, 0.05) is 17.0 Å². The van der Waals surface area contributed by atoms with Gasteiger partial charge in [0.1, 0.15) is 0 Å². The number of amides is 2. The zero-order valence-corrected chi connectivity index (χ0v) is 14.7. The van der Waals surface area contributed by atoms with E-state index in [0.29, 0.717) is 6.04 Å². The van der Waals surface area contributed by atoms with Crippen LogP contribution in [0.25, 0.3) is 10.8 Å². The second-order valence-corrected chi connectivity index (χ2v) is 7.62. The van der Waals surface area contributed by atoms with Gasteiger partial charge in [-0.25, -0.2) is 4.79 Å². The summed E-state index contributed by atoms with van der Waals surface area (Å²) >= 11 is 4.64. The summed E-state index contributed by atoms with van der Waals surface area (Å²) in [6, 6.07) is 11.1. The third-order valence-corrected chi connectivity index (χ3v) is 5.83. The van der Waals surface area contributed by atoms with Crippen LogP contribution in [0.1, 0.15) is 43.2 Å². The number of hydrogen-bond donors (Lipinski definition) is 3. The second kappa shape index (κ2) is 6.67. The molecule has 3 nitrogen and oxygen atoms in total. The van der Waals surface area contributed by atoms with Gasteiger partial charge < -0.3 is 10.6 Å². The smallest absolute Gasteiger partial charge is 0.315 e. The molecule has 0 spiro atoms. The van der Waals surface area contributed by atoms with Gasteiger partial charge in [-0.2, -0.15) is 0 Å². The largest absolute Gasteiger partial charge is 0.335 e. The molecule has 0 aromatic heterocycles. The number of rotatable bonds is 2. The Labute approximate surface area is 148 Å². The van der Waals surface area contributed by atoms with E-state index in [-0.39, 0.29) is 12.1 Å². The molecule has 0 radical (unpaired) electrons. The fourth-order valence-corrected chi connectivity index (χ4v) is 4.52. The third-order valence-electron chi connectivity index (χ3n) is 5.41. The molecule has 1 saturated carbocycles. The van der Waals surface area contributed by atoms with Crippen LogP contribution in [-0.2, 0) is 12.8 Å². The van der Waals surface area contributed by atoms with Crippen molar-refractivity contribution in [3.63, 3.8) is 0 Å². The summed E-state index contributed by atoms with van der Waals surface area (Å²) < 4.78 is 0. The Bertz CT molecular complexity index is 768. The number of hydrogen-bond acceptors (Lipinski definition) is 2. The molecule has 2 aliphatic carbocycles. The molecule has 126 valence electrons. The average molecular weight is 340 g/mol. The van der Waals surface area contributed by atoms with Crippen molar-refractivity contribution in [1.29, 1.82) is 0 Å². The summed E-state index contributed by atoms with van der Waals surface area (Å²) in [6.07, 6.45) is 7.72. The lowest BCUT2D eigenvalue weighted by Gasteiger charge is -2.29. The first kappa shape index (κ1) is 15.8. The minimum absolute atomic E-state index is 0.0147. The molecule has 2 aromatic rings. The zero-order chi connectivity index (χ0) is 16.5. The lowest BCUT2D eigenvalue weighted by Crippen LogP contribution is -2.48. The molecule has 1 unspecified atom stereocenters. The molecular formula is C20H24N2OS. The minimum atomic E-state index is -0.0147. The van der Waals surface area contributed by atoms with Gasteiger partial charge in [-0.3, -0.25) is 0 Å². The Hall–Kier alpha value is -1.68. The monoisotopic (exact) mass is 340 g/mol. The topological polar surface area (TPSA) is 41.1 Å². The van der Waals surface area contributed by atoms with Crippen LogP contribution < -0.4 is 10.6 Å². The predicted octanol–water partition coefficient (Wildman–Crippen LogP) is 4.23. The van der Waals surface area contributed by atoms with Crippen molar-refractivity contribution < 1.29 is 4.79 Å². The van der Waals surface area contributed by atoms with E-state index in [1.54, 1.807) is 0 Å². The molecule has 0 aliphatic heterocycles. The third kappa shape index (κ3) is 3.12. The van der Waals surface area contributed by atoms with Crippen LogP contribution >= 0.6 is 12.6 Å². The molecule has 2 aromatic carbocycles. The standard InChI is InChI=1S/C20H24N2OS/c23-20(21-15-7-2-1-3-8-15)22-16-11-14-6-4-5-13-9-10-18(24)17(12-16)19(13)14/h4-6,9-10,15-16,24H,1-3,7-8,11-12H2,(H2,21,22,23). The molecular weight excluding hydrogens is 316 g/mol. The van der Waals surface area contributed by atoms with Gasteiger partial charge in [0.15, 0.2) is 0 Å². The molecule has 24 heavy (non-hydrogen) atoms. The lowest BCUT2D eigenvalue weighted by molar-refractivity contribution is 0.228. The highest BCUT2D eigenvalue weighted by Crippen LogP contribution is 2.33. The predicted molar refractivity (Wildman–Crippen MR) is 101 cm³/mol. The van der Waals surface area contributed by atoms with Crippen LogP contribution in [0.15, 0.2) is 35.2 Å². The van der Waals surface area contributed by atoms with Crippen molar-refractivity contribution >= 4 is 29.4 Å². The number of carbonyl (C=O) groups is 1. The highest BCUT2D eigenvalue weighted by molar-refractivity contribution is 7.80. The molecule has 0 heterocycles. The summed E-state index contributed by atoms with van der Waals surface area (Å²) in [6.45, 7) is 0. The average Bonchev–Trinajstić information content (AvgIpc) is 2.59. The molecule has 1 atom stereocenters. The molecule has 1 fully saturated rings. The second-order valence-electron chi connectivity index (χ2n) is 7.14. The van der Waals surface area contributed by atoms with Gasteiger partial charge in [0.2, 0.25) is 0 Å². The first-order chi connectivity index (χ1) is 11.7. The molecule has 2 N–H and O–H groups in total. The Morgan fingerprint density at radius 3 is 2.58 bits per heavy atom. The highest BCUT2D eigenvalue weighted by Gasteiger charge is 2.24. The van der Waals surface area contributed by atoms with E-state index in [0.717, 1.165) is 30.6 Å². The van der Waals surface area contributed by atoms with Gasteiger partial charge in [-0.15, -0.1) is 12.6 Å². The van der Waals surface area contributed by atoms with Crippen molar-refractivity contribution in [2.75, 3.05) is 0 Å². The molecule has 0 bridgehead atoms. The van der Waals surface area contributed by atoms with Gasteiger partial charge in [0.05, 0.1) is 0 Å². The maximum absolute atomic E-state index is 12.4. The van der Waals surface area contributed by atoms with E-state index in [1.165, 1.54) is 41.2 Å². The Morgan fingerprint density at radius 1 is 0.958 bits per heavy atom. The lowest BCUT2D eigenvalue weighted by atomic mass is 9.85. The number of urea groups is 1. The van der Waals surface area contributed by atoms with Crippen molar-refractivity contribution in [2.24, 2.45) is 0 Å². The fourth-order valence-electron chi connectivity index (χ4n) is 4.25. The van der Waals surface area contributed by atoms with Gasteiger partial charge in [-0.05, 0) is 53.6 Å². The number of benzene rings is 2. The molecule has 4 heteroatoms. The van der Waals surface area contributed by atoms with Crippen LogP contribution in [0.4, 0.5) is 4.79 Å². The van der Waals surface area contributed by atoms with Crippen molar-refractivity contribution in [3.05, 3.63) is 41.5 Å². The molecule has 2 aliphatic rings. The van der Waals surface area contributed by atoms with E-state index in [1.807, 2.05) is 0 Å². The van der Waals surface area contributed by atoms with E-state index < -0.39 is 0 Å². The maximum atomic E-state index is 12.4. The highest BCUT2D eigenvalue weighted by atomic mass is 32.1. The van der Waals surface area contributed by atoms with Gasteiger partial charge >= 0.3 is 6.03 Å². The van der Waals surface area contributed by atoms with Crippen molar-refractivity contribution in [3.8, 4) is 0 Å². The van der Waals surface area contributed by atoms with E-state index >= 15 is 0 Å². The van der Waals surface area contributed by atoms with Crippen LogP contribution in [0.3, 0.4) is 0 Å². The summed E-state index contributed by atoms with van der Waals surface area (Å²) in [5.74, 6) is 0. The molecule has 0 saturated heterocycles. The van der Waals surface area contributed by atoms with Crippen LogP contribution in [0.2, 0.25) is 0 Å². The normalized spacial score (nSPS) is 20.8. The summed E-state index contributed by atoms with van der Waals surface area (Å²) in [4.78, 5) is 13.4. The quantitative estimate of drug-likeness (QED) is 0.704. The maximum Gasteiger partial charge on any atom is 0.315 e. The van der Waals surface area contributed by atoms with Crippen LogP contribution in [0.5, 0.6) is 0 Å². The summed E-state index contributed by atoms with van der Waals surface area (Å²) in [5, 5.41) is 8.95. The van der Waals surface area contributed by atoms with Crippen LogP contribution in [0, 0.1) is 0 Å². The summed E-state index contributed by atoms with van der Waals surface area (Å²) in [7, 11) is 0. The first-order valence-corrected chi connectivity index (χ1v) is 9.45. The van der Waals surface area contributed by atoms with E-state index in [9.17, 15) is 4.79 Å². The minimum Gasteiger partial charge on any atom is -0.335 e. The zero-order valence-electron chi connectivity index (χ0n) is 13.8. The number of thiol groups is 1. The Balaban J connectivity index is 1.48. The summed E-state index contributed by atoms with van der Waals surface area (Å²) in [5.41, 5.74) is 2.58. The molecule has 2 amide bonds. The van der Waals surface area contributed by atoms with E-state index in [2.05, 4.69) is 53.6 Å². The number of carbonyl (C=O) groups excluding carboxylic acids is 1. The Morgan fingerprint density at radius 2 is 1.75 bits per heavy atom. The fraction of sp³-hybridized carbons (Fsp3) is 0.450. The Kier molecular flexibility index (Phi) is 4.40. The SMILES string of the molecule is O=C(NC1CCCCC1)NC1Cc2cccc3ccc(S)c(c23)C1. The van der Waals surface area contributed by atoms with Gasteiger partial charge in [0.25, 0.3) is 0 Å². The number of nitrogens with one attached hydrogen (secondary N) is 2. The van der Waals surface area contributed by atoms with E-state index in [4.69, 9.17) is 0 Å². The molecule has 4 rings (SSSR count). The van der Waals surface area contributed by atoms with Gasteiger partial charge in [-0.1, -0.05) is 43.5 Å².